The third kappa shape index (κ3) is 6.07. The molecule has 1 atom stereocenters. The molecule has 2 amide bonds. The molecule has 1 aliphatic rings. The fourth-order valence-corrected chi connectivity index (χ4v) is 3.18. The van der Waals surface area contributed by atoms with E-state index >= 15 is 0 Å². The molecule has 2 aromatic carbocycles. The molecule has 7 nitrogen and oxygen atoms in total. The van der Waals surface area contributed by atoms with Gasteiger partial charge in [0.15, 0.2) is 6.10 Å². The van der Waals surface area contributed by atoms with Crippen molar-refractivity contribution in [3.05, 3.63) is 71.3 Å². The number of benzene rings is 2. The van der Waals surface area contributed by atoms with Gasteiger partial charge in [-0.25, -0.2) is 4.79 Å². The van der Waals surface area contributed by atoms with E-state index in [0.29, 0.717) is 19.5 Å². The van der Waals surface area contributed by atoms with Crippen LogP contribution in [0.4, 0.5) is 4.79 Å². The Hall–Kier alpha value is -3.35. The largest absolute Gasteiger partial charge is 0.465 e. The molecule has 2 aromatic rings. The molecular weight excluding hydrogens is 382 g/mol. The number of urea groups is 1. The number of carbonyl (C=O) groups is 2. The van der Waals surface area contributed by atoms with Crippen molar-refractivity contribution >= 4 is 17.7 Å². The minimum absolute atomic E-state index is 0.172. The Morgan fingerprint density at radius 3 is 2.60 bits per heavy atom. The third-order valence-electron chi connectivity index (χ3n) is 4.73. The Morgan fingerprint density at radius 1 is 1.17 bits per heavy atom. The quantitative estimate of drug-likeness (QED) is 0.679. The number of nitrogens with zero attached hydrogens (tertiary/aromatic N) is 2. The Kier molecular flexibility index (Phi) is 7.43. The van der Waals surface area contributed by atoms with E-state index in [-0.39, 0.29) is 25.3 Å². The zero-order valence-corrected chi connectivity index (χ0v) is 17.3. The lowest BCUT2D eigenvalue weighted by Crippen LogP contribution is -2.45. The van der Waals surface area contributed by atoms with Crippen LogP contribution in [-0.4, -0.2) is 48.4 Å². The lowest BCUT2D eigenvalue weighted by atomic mass is 10.0. The molecule has 1 heterocycles. The number of esters is 1. The van der Waals surface area contributed by atoms with E-state index in [0.717, 1.165) is 16.8 Å². The molecule has 0 bridgehead atoms. The van der Waals surface area contributed by atoms with E-state index in [1.165, 1.54) is 5.56 Å². The summed E-state index contributed by atoms with van der Waals surface area (Å²) >= 11 is 0. The van der Waals surface area contributed by atoms with Crippen molar-refractivity contribution in [1.29, 1.82) is 0 Å². The first-order valence-corrected chi connectivity index (χ1v) is 10.1. The van der Waals surface area contributed by atoms with Crippen LogP contribution in [0.25, 0.3) is 0 Å². The maximum Gasteiger partial charge on any atom is 0.325 e. The second-order valence-corrected chi connectivity index (χ2v) is 7.17. The van der Waals surface area contributed by atoms with Gasteiger partial charge in [-0.15, -0.1) is 0 Å². The first-order valence-electron chi connectivity index (χ1n) is 10.1. The van der Waals surface area contributed by atoms with Gasteiger partial charge in [-0.05, 0) is 25.0 Å². The summed E-state index contributed by atoms with van der Waals surface area (Å²) in [6, 6.07) is 17.5. The Bertz CT molecular complexity index is 881. The molecule has 1 aliphatic heterocycles. The van der Waals surface area contributed by atoms with Crippen LogP contribution in [0.1, 0.15) is 30.0 Å². The van der Waals surface area contributed by atoms with Gasteiger partial charge in [0.2, 0.25) is 0 Å². The molecule has 7 heteroatoms. The molecule has 0 saturated carbocycles. The van der Waals surface area contributed by atoms with Gasteiger partial charge in [0, 0.05) is 13.0 Å². The van der Waals surface area contributed by atoms with Crippen molar-refractivity contribution in [2.45, 2.75) is 32.9 Å². The summed E-state index contributed by atoms with van der Waals surface area (Å²) in [5.41, 5.74) is 4.06. The topological polar surface area (TPSA) is 80.2 Å². The molecule has 1 unspecified atom stereocenters. The standard InChI is InChI=1S/C23H27N3O4/c1-3-29-22(27)14-24-23(28)26(15-18-7-5-4-6-8-18)16-20-13-21(25-30-20)19-11-9-17(2)10-12-19/h4-12,20H,3,13-16H2,1-2H3,(H,24,28). The highest BCUT2D eigenvalue weighted by Crippen LogP contribution is 2.19. The van der Waals surface area contributed by atoms with Gasteiger partial charge in [0.1, 0.15) is 6.54 Å². The molecule has 30 heavy (non-hydrogen) atoms. The van der Waals surface area contributed by atoms with Crippen LogP contribution in [0.5, 0.6) is 0 Å². The smallest absolute Gasteiger partial charge is 0.325 e. The molecular formula is C23H27N3O4. The zero-order valence-electron chi connectivity index (χ0n) is 17.3. The summed E-state index contributed by atoms with van der Waals surface area (Å²) in [7, 11) is 0. The van der Waals surface area contributed by atoms with E-state index in [4.69, 9.17) is 9.57 Å². The van der Waals surface area contributed by atoms with E-state index in [1.807, 2.05) is 61.5 Å². The molecule has 0 radical (unpaired) electrons. The number of amides is 2. The van der Waals surface area contributed by atoms with Crippen LogP contribution in [-0.2, 0) is 20.9 Å². The minimum atomic E-state index is -0.465. The van der Waals surface area contributed by atoms with Crippen LogP contribution in [0.15, 0.2) is 59.8 Å². The number of hydrogen-bond donors (Lipinski definition) is 1. The third-order valence-corrected chi connectivity index (χ3v) is 4.73. The highest BCUT2D eigenvalue weighted by atomic mass is 16.6. The van der Waals surface area contributed by atoms with Crippen molar-refractivity contribution < 1.29 is 19.2 Å². The van der Waals surface area contributed by atoms with E-state index < -0.39 is 5.97 Å². The van der Waals surface area contributed by atoms with Gasteiger partial charge < -0.3 is 19.8 Å². The molecule has 0 spiro atoms. The second-order valence-electron chi connectivity index (χ2n) is 7.17. The van der Waals surface area contributed by atoms with E-state index in [9.17, 15) is 9.59 Å². The highest BCUT2D eigenvalue weighted by Gasteiger charge is 2.27. The van der Waals surface area contributed by atoms with E-state index in [1.54, 1.807) is 11.8 Å². The van der Waals surface area contributed by atoms with E-state index in [2.05, 4.69) is 10.5 Å². The van der Waals surface area contributed by atoms with Gasteiger partial charge in [-0.2, -0.15) is 0 Å². The summed E-state index contributed by atoms with van der Waals surface area (Å²) in [6.45, 7) is 4.62. The number of carbonyl (C=O) groups excluding carboxylic acids is 2. The predicted molar refractivity (Wildman–Crippen MR) is 114 cm³/mol. The summed E-state index contributed by atoms with van der Waals surface area (Å²) in [4.78, 5) is 31.6. The van der Waals surface area contributed by atoms with Crippen LogP contribution >= 0.6 is 0 Å². The maximum absolute atomic E-state index is 12.7. The molecule has 3 rings (SSSR count). The van der Waals surface area contributed by atoms with Crippen LogP contribution in [0.2, 0.25) is 0 Å². The number of nitrogens with one attached hydrogen (secondary N) is 1. The molecule has 0 aliphatic carbocycles. The summed E-state index contributed by atoms with van der Waals surface area (Å²) in [6.07, 6.45) is 0.359. The number of ether oxygens (including phenoxy) is 1. The SMILES string of the molecule is CCOC(=O)CNC(=O)N(Cc1ccccc1)CC1CC(c2ccc(C)cc2)=NO1. The number of oxime groups is 1. The van der Waals surface area contributed by atoms with Crippen LogP contribution in [0, 0.1) is 6.92 Å². The van der Waals surface area contributed by atoms with Gasteiger partial charge in [-0.3, -0.25) is 4.79 Å². The van der Waals surface area contributed by atoms with Crippen LogP contribution in [0.3, 0.4) is 0 Å². The van der Waals surface area contributed by atoms with Crippen LogP contribution < -0.4 is 5.32 Å². The zero-order chi connectivity index (χ0) is 21.3. The fraction of sp³-hybridized carbons (Fsp3) is 0.348. The Labute approximate surface area is 176 Å². The molecule has 0 fully saturated rings. The number of aryl methyl sites for hydroxylation is 1. The van der Waals surface area contributed by atoms with Gasteiger partial charge in [-0.1, -0.05) is 65.3 Å². The predicted octanol–water partition coefficient (Wildman–Crippen LogP) is 3.26. The molecule has 0 saturated heterocycles. The Balaban J connectivity index is 1.62. The summed E-state index contributed by atoms with van der Waals surface area (Å²) < 4.78 is 4.88. The Morgan fingerprint density at radius 2 is 1.90 bits per heavy atom. The second kappa shape index (κ2) is 10.4. The van der Waals surface area contributed by atoms with Gasteiger partial charge in [0.25, 0.3) is 0 Å². The first-order chi connectivity index (χ1) is 14.5. The van der Waals surface area contributed by atoms with Crippen molar-refractivity contribution in [3.8, 4) is 0 Å². The molecule has 158 valence electrons. The van der Waals surface area contributed by atoms with Gasteiger partial charge in [0.05, 0.1) is 18.9 Å². The normalized spacial score (nSPS) is 15.1. The monoisotopic (exact) mass is 409 g/mol. The van der Waals surface area contributed by atoms with Crippen molar-refractivity contribution in [2.24, 2.45) is 5.16 Å². The average Bonchev–Trinajstić information content (AvgIpc) is 3.21. The summed E-state index contributed by atoms with van der Waals surface area (Å²) in [5.74, 6) is -0.465. The van der Waals surface area contributed by atoms with Gasteiger partial charge >= 0.3 is 12.0 Å². The minimum Gasteiger partial charge on any atom is -0.465 e. The number of rotatable bonds is 8. The molecule has 1 N–H and O–H groups in total. The fourth-order valence-electron chi connectivity index (χ4n) is 3.18. The van der Waals surface area contributed by atoms with Crippen molar-refractivity contribution in [2.75, 3.05) is 19.7 Å². The average molecular weight is 409 g/mol. The van der Waals surface area contributed by atoms with Crippen molar-refractivity contribution in [1.82, 2.24) is 10.2 Å². The molecule has 0 aromatic heterocycles. The van der Waals surface area contributed by atoms with Crippen molar-refractivity contribution in [3.63, 3.8) is 0 Å². The highest BCUT2D eigenvalue weighted by molar-refractivity contribution is 6.01. The maximum atomic E-state index is 12.7. The number of hydrogen-bond acceptors (Lipinski definition) is 5. The summed E-state index contributed by atoms with van der Waals surface area (Å²) in [5, 5.41) is 6.85. The first kappa shape index (κ1) is 21.4. The lowest BCUT2D eigenvalue weighted by molar-refractivity contribution is -0.141. The lowest BCUT2D eigenvalue weighted by Gasteiger charge is -2.25.